The fourth-order valence-corrected chi connectivity index (χ4v) is 3.42. The molecule has 20 heavy (non-hydrogen) atoms. The first-order valence-corrected chi connectivity index (χ1v) is 8.26. The van der Waals surface area contributed by atoms with Crippen molar-refractivity contribution < 1.29 is 0 Å². The monoisotopic (exact) mass is 289 g/mol. The minimum Gasteiger partial charge on any atom is -0.375 e. The molecule has 110 valence electrons. The third-order valence-corrected chi connectivity index (χ3v) is 4.54. The van der Waals surface area contributed by atoms with Crippen LogP contribution in [0.5, 0.6) is 0 Å². The van der Waals surface area contributed by atoms with Crippen LogP contribution in [-0.4, -0.2) is 0 Å². The van der Waals surface area contributed by atoms with Crippen molar-refractivity contribution in [3.8, 4) is 0 Å². The maximum Gasteiger partial charge on any atom is 0.0927 e. The normalized spacial score (nSPS) is 15.3. The second-order valence-electron chi connectivity index (χ2n) is 5.21. The van der Waals surface area contributed by atoms with Gasteiger partial charge in [-0.2, -0.15) is 0 Å². The summed E-state index contributed by atoms with van der Waals surface area (Å²) in [7, 11) is 0. The van der Waals surface area contributed by atoms with Crippen LogP contribution in [0.25, 0.3) is 0 Å². The van der Waals surface area contributed by atoms with Gasteiger partial charge >= 0.3 is 0 Å². The number of allylic oxidation sites excluding steroid dienone is 4. The highest BCUT2D eigenvalue weighted by Crippen LogP contribution is 2.36. The molecule has 0 saturated carbocycles. The minimum absolute atomic E-state index is 0.128. The van der Waals surface area contributed by atoms with E-state index in [1.165, 1.54) is 16.9 Å². The molecule has 1 aromatic rings. The highest BCUT2D eigenvalue weighted by Gasteiger charge is 2.32. The number of hydrogen-bond donors (Lipinski definition) is 1. The van der Waals surface area contributed by atoms with E-state index in [9.17, 15) is 0 Å². The van der Waals surface area contributed by atoms with Crippen molar-refractivity contribution in [2.75, 3.05) is 0 Å². The summed E-state index contributed by atoms with van der Waals surface area (Å²) in [5, 5.41) is 5.74. The summed E-state index contributed by atoms with van der Waals surface area (Å²) >= 11 is 1.80. The topological polar surface area (TPSA) is 12.0 Å². The summed E-state index contributed by atoms with van der Waals surface area (Å²) < 4.78 is 0. The Morgan fingerprint density at radius 3 is 2.65 bits per heavy atom. The fraction of sp³-hybridized carbons (Fsp3) is 0.444. The van der Waals surface area contributed by atoms with Crippen LogP contribution in [0.4, 0.5) is 0 Å². The lowest BCUT2D eigenvalue weighted by Gasteiger charge is -2.35. The van der Waals surface area contributed by atoms with Crippen molar-refractivity contribution in [3.63, 3.8) is 0 Å². The van der Waals surface area contributed by atoms with Gasteiger partial charge < -0.3 is 5.32 Å². The summed E-state index contributed by atoms with van der Waals surface area (Å²) in [4.78, 5) is 1.35. The Morgan fingerprint density at radius 2 is 2.15 bits per heavy atom. The largest absolute Gasteiger partial charge is 0.375 e. The van der Waals surface area contributed by atoms with Gasteiger partial charge in [0.15, 0.2) is 0 Å². The summed E-state index contributed by atoms with van der Waals surface area (Å²) in [5.41, 5.74) is 2.21. The van der Waals surface area contributed by atoms with E-state index < -0.39 is 0 Å². The van der Waals surface area contributed by atoms with Gasteiger partial charge in [-0.25, -0.2) is 0 Å². The van der Waals surface area contributed by atoms with Gasteiger partial charge in [0.1, 0.15) is 0 Å². The van der Waals surface area contributed by atoms with Gasteiger partial charge in [-0.05, 0) is 43.7 Å². The molecule has 1 heterocycles. The zero-order valence-corrected chi connectivity index (χ0v) is 14.0. The molecule has 0 saturated heterocycles. The number of rotatable bonds is 8. The SMILES string of the molecule is C=C(C)NC(CC)(/C(C)=C/C=C\CCC)c1cccs1. The van der Waals surface area contributed by atoms with Crippen LogP contribution in [0.2, 0.25) is 0 Å². The quantitative estimate of drug-likeness (QED) is 0.598. The van der Waals surface area contributed by atoms with Crippen LogP contribution in [0.3, 0.4) is 0 Å². The Bertz CT molecular complexity index is 468. The molecule has 0 aliphatic carbocycles. The summed E-state index contributed by atoms with van der Waals surface area (Å²) in [6, 6.07) is 4.32. The van der Waals surface area contributed by atoms with E-state index in [0.29, 0.717) is 0 Å². The van der Waals surface area contributed by atoms with E-state index in [4.69, 9.17) is 0 Å². The second kappa shape index (κ2) is 8.11. The number of nitrogens with one attached hydrogen (secondary N) is 1. The molecule has 0 aromatic carbocycles. The number of hydrogen-bond acceptors (Lipinski definition) is 2. The predicted molar refractivity (Wildman–Crippen MR) is 92.0 cm³/mol. The summed E-state index contributed by atoms with van der Waals surface area (Å²) in [6.45, 7) is 12.7. The zero-order chi connectivity index (χ0) is 15.0. The van der Waals surface area contributed by atoms with Gasteiger partial charge in [-0.3, -0.25) is 0 Å². The first-order chi connectivity index (χ1) is 9.56. The van der Waals surface area contributed by atoms with Gasteiger partial charge in [0.2, 0.25) is 0 Å². The first kappa shape index (κ1) is 16.8. The molecule has 2 heteroatoms. The Balaban J connectivity index is 3.12. The van der Waals surface area contributed by atoms with Gasteiger partial charge in [-0.1, -0.05) is 51.1 Å². The molecule has 1 atom stereocenters. The molecule has 0 fully saturated rings. The first-order valence-electron chi connectivity index (χ1n) is 7.38. The molecular formula is C18H27NS. The minimum atomic E-state index is -0.128. The average molecular weight is 289 g/mol. The third-order valence-electron chi connectivity index (χ3n) is 3.51. The van der Waals surface area contributed by atoms with Crippen LogP contribution >= 0.6 is 11.3 Å². The molecule has 1 nitrogen and oxygen atoms in total. The van der Waals surface area contributed by atoms with E-state index in [2.05, 4.69) is 68.4 Å². The molecule has 0 aliphatic rings. The van der Waals surface area contributed by atoms with Gasteiger partial charge in [0, 0.05) is 10.6 Å². The van der Waals surface area contributed by atoms with E-state index in [-0.39, 0.29) is 5.54 Å². The maximum absolute atomic E-state index is 4.04. The van der Waals surface area contributed by atoms with E-state index in [1.54, 1.807) is 11.3 Å². The Labute approximate surface area is 128 Å². The van der Waals surface area contributed by atoms with E-state index in [1.807, 2.05) is 6.92 Å². The van der Waals surface area contributed by atoms with Gasteiger partial charge in [0.25, 0.3) is 0 Å². The highest BCUT2D eigenvalue weighted by molar-refractivity contribution is 7.10. The Kier molecular flexibility index (Phi) is 6.80. The fourth-order valence-electron chi connectivity index (χ4n) is 2.40. The number of unbranched alkanes of at least 4 members (excludes halogenated alkanes) is 1. The molecular weight excluding hydrogens is 262 g/mol. The molecule has 1 aromatic heterocycles. The third kappa shape index (κ3) is 4.11. The van der Waals surface area contributed by atoms with Gasteiger partial charge in [-0.15, -0.1) is 11.3 Å². The van der Waals surface area contributed by atoms with E-state index >= 15 is 0 Å². The Hall–Kier alpha value is -1.28. The second-order valence-corrected chi connectivity index (χ2v) is 6.16. The molecule has 0 spiro atoms. The molecule has 0 amide bonds. The van der Waals surface area contributed by atoms with Crippen LogP contribution < -0.4 is 5.32 Å². The molecule has 0 radical (unpaired) electrons. The zero-order valence-electron chi connectivity index (χ0n) is 13.2. The van der Waals surface area contributed by atoms with Crippen molar-refractivity contribution >= 4 is 11.3 Å². The van der Waals surface area contributed by atoms with Crippen LogP contribution in [-0.2, 0) is 5.54 Å². The predicted octanol–water partition coefficient (Wildman–Crippen LogP) is 5.78. The van der Waals surface area contributed by atoms with Crippen molar-refractivity contribution in [2.24, 2.45) is 0 Å². The van der Waals surface area contributed by atoms with Crippen LogP contribution in [0.1, 0.15) is 51.8 Å². The standard InChI is InChI=1S/C18H27NS/c1-6-8-9-10-12-16(5)18(7-2,19-15(3)4)17-13-11-14-20-17/h9-14,19H,3,6-8H2,1-2,4-5H3/b10-9-,16-12+. The summed E-state index contributed by atoms with van der Waals surface area (Å²) in [5.74, 6) is 0. The molecule has 1 unspecified atom stereocenters. The average Bonchev–Trinajstić information content (AvgIpc) is 2.95. The molecule has 0 aliphatic heterocycles. The van der Waals surface area contributed by atoms with Crippen molar-refractivity contribution in [2.45, 2.75) is 52.5 Å². The summed E-state index contributed by atoms with van der Waals surface area (Å²) in [6.07, 6.45) is 9.97. The molecule has 0 bridgehead atoms. The van der Waals surface area contributed by atoms with Crippen LogP contribution in [0, 0.1) is 0 Å². The van der Waals surface area contributed by atoms with Crippen molar-refractivity contribution in [1.29, 1.82) is 0 Å². The highest BCUT2D eigenvalue weighted by atomic mass is 32.1. The molecule has 1 N–H and O–H groups in total. The van der Waals surface area contributed by atoms with Crippen LogP contribution in [0.15, 0.2) is 53.6 Å². The lowest BCUT2D eigenvalue weighted by atomic mass is 9.85. The lowest BCUT2D eigenvalue weighted by molar-refractivity contribution is 0.426. The smallest absolute Gasteiger partial charge is 0.0927 e. The van der Waals surface area contributed by atoms with E-state index in [0.717, 1.165) is 18.5 Å². The van der Waals surface area contributed by atoms with Gasteiger partial charge in [0.05, 0.1) is 5.54 Å². The molecule has 1 rings (SSSR count). The van der Waals surface area contributed by atoms with Crippen molar-refractivity contribution in [1.82, 2.24) is 5.32 Å². The lowest BCUT2D eigenvalue weighted by Crippen LogP contribution is -2.41. The van der Waals surface area contributed by atoms with Crippen molar-refractivity contribution in [3.05, 3.63) is 58.5 Å². The maximum atomic E-state index is 4.04. The number of thiophene rings is 1. The Morgan fingerprint density at radius 1 is 1.40 bits per heavy atom.